The van der Waals surface area contributed by atoms with Crippen molar-refractivity contribution < 1.29 is 13.9 Å². The lowest BCUT2D eigenvalue weighted by molar-refractivity contribution is 0.125. The Kier molecular flexibility index (Phi) is 5.26. The molecule has 16 heavy (non-hydrogen) atoms. The third-order valence-electron chi connectivity index (χ3n) is 2.53. The molecule has 1 aliphatic rings. The normalized spacial score (nSPS) is 18.9. The van der Waals surface area contributed by atoms with Gasteiger partial charge in [0, 0.05) is 6.61 Å². The van der Waals surface area contributed by atoms with Gasteiger partial charge in [0.25, 0.3) is 0 Å². The first kappa shape index (κ1) is 13.0. The van der Waals surface area contributed by atoms with Gasteiger partial charge in [-0.1, -0.05) is 12.1 Å². The van der Waals surface area contributed by atoms with Gasteiger partial charge in [-0.3, -0.25) is 0 Å². The third-order valence-corrected chi connectivity index (χ3v) is 2.53. The Hall–Kier alpha value is -1.09. The van der Waals surface area contributed by atoms with Crippen LogP contribution in [0.5, 0.6) is 5.75 Å². The van der Waals surface area contributed by atoms with E-state index in [0.717, 1.165) is 6.61 Å². The zero-order chi connectivity index (χ0) is 12.0. The number of benzene rings is 1. The first-order chi connectivity index (χ1) is 7.65. The molecule has 1 fully saturated rings. The average molecular weight is 226 g/mol. The van der Waals surface area contributed by atoms with Crippen LogP contribution in [0.4, 0.5) is 4.39 Å². The van der Waals surface area contributed by atoms with Gasteiger partial charge in [0.1, 0.15) is 0 Å². The van der Waals surface area contributed by atoms with E-state index in [1.54, 1.807) is 25.1 Å². The zero-order valence-electron chi connectivity index (χ0n) is 10.1. The first-order valence-electron chi connectivity index (χ1n) is 5.56. The van der Waals surface area contributed by atoms with Crippen LogP contribution < -0.4 is 4.74 Å². The number of hydrogen-bond acceptors (Lipinski definition) is 2. The fraction of sp³-hybridized carbons (Fsp3) is 0.538. The van der Waals surface area contributed by atoms with Gasteiger partial charge < -0.3 is 9.47 Å². The van der Waals surface area contributed by atoms with E-state index in [0.29, 0.717) is 17.4 Å². The minimum Gasteiger partial charge on any atom is -0.494 e. The molecule has 1 heterocycles. The quantitative estimate of drug-likeness (QED) is 0.731. The second kappa shape index (κ2) is 6.48. The molecule has 1 atom stereocenters. The summed E-state index contributed by atoms with van der Waals surface area (Å²) in [5.41, 5.74) is 0.611. The maximum atomic E-state index is 12.9. The highest BCUT2D eigenvalue weighted by Crippen LogP contribution is 2.18. The standard InChI is InChI=1S/C8H9FO.C5H10O/c1-6-4-3-5-7(10-2)8(6)9;1-5-3-2-4-6-5/h3-5H,1-2H3;5H,2-4H2,1H3. The summed E-state index contributed by atoms with van der Waals surface area (Å²) >= 11 is 0. The Balaban J connectivity index is 0.000000181. The second-order valence-electron chi connectivity index (χ2n) is 3.91. The molecule has 0 radical (unpaired) electrons. The van der Waals surface area contributed by atoms with Gasteiger partial charge in [0.15, 0.2) is 11.6 Å². The van der Waals surface area contributed by atoms with Crippen molar-refractivity contribution in [3.8, 4) is 5.75 Å². The van der Waals surface area contributed by atoms with Gasteiger partial charge in [0.05, 0.1) is 13.2 Å². The number of halogens is 1. The minimum atomic E-state index is -0.273. The predicted molar refractivity (Wildman–Crippen MR) is 62.3 cm³/mol. The van der Waals surface area contributed by atoms with Crippen molar-refractivity contribution in [2.24, 2.45) is 0 Å². The number of methoxy groups -OCH3 is 1. The van der Waals surface area contributed by atoms with Crippen molar-refractivity contribution in [2.45, 2.75) is 32.8 Å². The second-order valence-corrected chi connectivity index (χ2v) is 3.91. The predicted octanol–water partition coefficient (Wildman–Crippen LogP) is 3.33. The summed E-state index contributed by atoms with van der Waals surface area (Å²) in [7, 11) is 1.46. The Morgan fingerprint density at radius 3 is 2.56 bits per heavy atom. The highest BCUT2D eigenvalue weighted by atomic mass is 19.1. The molecule has 3 heteroatoms. The molecule has 0 spiro atoms. The van der Waals surface area contributed by atoms with Gasteiger partial charge in [0.2, 0.25) is 0 Å². The van der Waals surface area contributed by atoms with Crippen LogP contribution in [-0.4, -0.2) is 19.8 Å². The van der Waals surface area contributed by atoms with Gasteiger partial charge in [-0.15, -0.1) is 0 Å². The highest BCUT2D eigenvalue weighted by molar-refractivity contribution is 5.29. The van der Waals surface area contributed by atoms with E-state index in [4.69, 9.17) is 9.47 Å². The van der Waals surface area contributed by atoms with Crippen LogP contribution in [0.25, 0.3) is 0 Å². The SMILES string of the molecule is CC1CCCO1.COc1cccc(C)c1F. The summed E-state index contributed by atoms with van der Waals surface area (Å²) in [5.74, 6) is 0.0324. The van der Waals surface area contributed by atoms with Crippen molar-refractivity contribution >= 4 is 0 Å². The van der Waals surface area contributed by atoms with E-state index in [9.17, 15) is 4.39 Å². The van der Waals surface area contributed by atoms with Gasteiger partial charge in [-0.25, -0.2) is 4.39 Å². The summed E-state index contributed by atoms with van der Waals surface area (Å²) in [4.78, 5) is 0. The summed E-state index contributed by atoms with van der Waals surface area (Å²) < 4.78 is 22.8. The molecule has 1 aliphatic heterocycles. The fourth-order valence-electron chi connectivity index (χ4n) is 1.52. The van der Waals surface area contributed by atoms with Crippen LogP contribution >= 0.6 is 0 Å². The molecule has 1 aromatic rings. The molecule has 0 amide bonds. The first-order valence-corrected chi connectivity index (χ1v) is 5.56. The number of ether oxygens (including phenoxy) is 2. The summed E-state index contributed by atoms with van der Waals surface area (Å²) in [6.45, 7) is 4.81. The maximum absolute atomic E-state index is 12.9. The summed E-state index contributed by atoms with van der Waals surface area (Å²) in [5, 5.41) is 0. The lowest BCUT2D eigenvalue weighted by atomic mass is 10.2. The molecule has 2 rings (SSSR count). The third kappa shape index (κ3) is 3.81. The van der Waals surface area contributed by atoms with Crippen LogP contribution in [0.3, 0.4) is 0 Å². The molecular formula is C13H19FO2. The Morgan fingerprint density at radius 2 is 2.19 bits per heavy atom. The van der Waals surface area contributed by atoms with Crippen molar-refractivity contribution in [1.29, 1.82) is 0 Å². The van der Waals surface area contributed by atoms with E-state index < -0.39 is 0 Å². The number of aryl methyl sites for hydroxylation is 1. The number of hydrogen-bond donors (Lipinski definition) is 0. The van der Waals surface area contributed by atoms with Crippen LogP contribution in [0.15, 0.2) is 18.2 Å². The van der Waals surface area contributed by atoms with E-state index in [2.05, 4.69) is 6.92 Å². The largest absolute Gasteiger partial charge is 0.494 e. The highest BCUT2D eigenvalue weighted by Gasteiger charge is 2.07. The van der Waals surface area contributed by atoms with Crippen LogP contribution in [0.2, 0.25) is 0 Å². The minimum absolute atomic E-state index is 0.273. The lowest BCUT2D eigenvalue weighted by Crippen LogP contribution is -1.94. The van der Waals surface area contributed by atoms with E-state index in [-0.39, 0.29) is 5.82 Å². The molecule has 0 saturated carbocycles. The zero-order valence-corrected chi connectivity index (χ0v) is 10.1. The molecule has 1 saturated heterocycles. The molecule has 1 unspecified atom stereocenters. The Bertz CT molecular complexity index is 320. The van der Waals surface area contributed by atoms with Crippen molar-refractivity contribution in [3.63, 3.8) is 0 Å². The van der Waals surface area contributed by atoms with E-state index in [1.165, 1.54) is 20.0 Å². The van der Waals surface area contributed by atoms with Crippen LogP contribution in [-0.2, 0) is 4.74 Å². The van der Waals surface area contributed by atoms with Crippen LogP contribution in [0, 0.1) is 12.7 Å². The molecule has 0 aliphatic carbocycles. The Labute approximate surface area is 96.4 Å². The lowest BCUT2D eigenvalue weighted by Gasteiger charge is -2.01. The molecule has 0 N–H and O–H groups in total. The molecule has 0 aromatic heterocycles. The summed E-state index contributed by atoms with van der Waals surface area (Å²) in [6, 6.07) is 5.07. The van der Waals surface area contributed by atoms with Crippen molar-refractivity contribution in [3.05, 3.63) is 29.6 Å². The van der Waals surface area contributed by atoms with E-state index >= 15 is 0 Å². The monoisotopic (exact) mass is 226 g/mol. The smallest absolute Gasteiger partial charge is 0.167 e. The molecule has 90 valence electrons. The topological polar surface area (TPSA) is 18.5 Å². The average Bonchev–Trinajstić information content (AvgIpc) is 2.74. The van der Waals surface area contributed by atoms with Gasteiger partial charge in [-0.05, 0) is 38.3 Å². The van der Waals surface area contributed by atoms with E-state index in [1.807, 2.05) is 0 Å². The summed E-state index contributed by atoms with van der Waals surface area (Å²) in [6.07, 6.45) is 3.08. The molecule has 0 bridgehead atoms. The van der Waals surface area contributed by atoms with Crippen molar-refractivity contribution in [2.75, 3.05) is 13.7 Å². The number of rotatable bonds is 1. The Morgan fingerprint density at radius 1 is 1.44 bits per heavy atom. The van der Waals surface area contributed by atoms with Crippen LogP contribution in [0.1, 0.15) is 25.3 Å². The van der Waals surface area contributed by atoms with Gasteiger partial charge >= 0.3 is 0 Å². The fourth-order valence-corrected chi connectivity index (χ4v) is 1.52. The molecule has 1 aromatic carbocycles. The van der Waals surface area contributed by atoms with Gasteiger partial charge in [-0.2, -0.15) is 0 Å². The maximum Gasteiger partial charge on any atom is 0.167 e. The molecular weight excluding hydrogens is 207 g/mol. The van der Waals surface area contributed by atoms with Crippen molar-refractivity contribution in [1.82, 2.24) is 0 Å². The molecule has 2 nitrogen and oxygen atoms in total.